The van der Waals surface area contributed by atoms with E-state index in [0.29, 0.717) is 0 Å². The minimum absolute atomic E-state index is 0.0659. The van der Waals surface area contributed by atoms with Gasteiger partial charge in [-0.2, -0.15) is 0 Å². The first-order valence-corrected chi connectivity index (χ1v) is 7.43. The Morgan fingerprint density at radius 1 is 1.00 bits per heavy atom. The number of amides is 1. The van der Waals surface area contributed by atoms with Crippen LogP contribution in [0.15, 0.2) is 60.7 Å². The fourth-order valence-corrected chi connectivity index (χ4v) is 2.18. The lowest BCUT2D eigenvalue weighted by Gasteiger charge is -2.16. The Kier molecular flexibility index (Phi) is 4.65. The van der Waals surface area contributed by atoms with E-state index in [0.717, 1.165) is 17.8 Å². The number of nitrogens with one attached hydrogen (secondary N) is 1. The van der Waals surface area contributed by atoms with Crippen LogP contribution in [0, 0.1) is 11.6 Å². The van der Waals surface area contributed by atoms with Gasteiger partial charge in [-0.3, -0.25) is 4.79 Å². The van der Waals surface area contributed by atoms with Gasteiger partial charge in [0, 0.05) is 18.8 Å². The average Bonchev–Trinajstić information content (AvgIpc) is 2.64. The number of halogens is 2. The zero-order chi connectivity index (χ0) is 17.8. The summed E-state index contributed by atoms with van der Waals surface area (Å²) in [4.78, 5) is 13.9. The lowest BCUT2D eigenvalue weighted by atomic mass is 10.2. The van der Waals surface area contributed by atoms with Crippen molar-refractivity contribution in [3.05, 3.63) is 78.0 Å². The minimum atomic E-state index is -0.745. The smallest absolute Gasteiger partial charge is 0.278 e. The van der Waals surface area contributed by atoms with Crippen molar-refractivity contribution in [2.45, 2.75) is 0 Å². The van der Waals surface area contributed by atoms with E-state index in [1.807, 2.05) is 18.2 Å². The second kappa shape index (κ2) is 7.04. The summed E-state index contributed by atoms with van der Waals surface area (Å²) in [5.74, 6) is -1.49. The maximum atomic E-state index is 13.6. The molecule has 0 unspecified atom stereocenters. The van der Waals surface area contributed by atoms with Gasteiger partial charge in [0.2, 0.25) is 0 Å². The molecule has 1 aromatic heterocycles. The Hall–Kier alpha value is -3.35. The van der Waals surface area contributed by atoms with E-state index in [1.165, 1.54) is 23.1 Å². The second-order valence-electron chi connectivity index (χ2n) is 5.25. The number of aromatic nitrogens is 2. The summed E-state index contributed by atoms with van der Waals surface area (Å²) >= 11 is 0. The topological polar surface area (TPSA) is 58.1 Å². The summed E-state index contributed by atoms with van der Waals surface area (Å²) in [6, 6.07) is 15.3. The molecule has 2 aromatic carbocycles. The number of hydrogen-bond donors (Lipinski definition) is 1. The highest BCUT2D eigenvalue weighted by Crippen LogP contribution is 2.19. The molecule has 0 aliphatic heterocycles. The van der Waals surface area contributed by atoms with Crippen LogP contribution in [0.25, 0.3) is 0 Å². The van der Waals surface area contributed by atoms with Crippen LogP contribution in [0.4, 0.5) is 26.0 Å². The fourth-order valence-electron chi connectivity index (χ4n) is 2.18. The van der Waals surface area contributed by atoms with Crippen molar-refractivity contribution in [3.63, 3.8) is 0 Å². The second-order valence-corrected chi connectivity index (χ2v) is 5.25. The Bertz CT molecular complexity index is 885. The summed E-state index contributed by atoms with van der Waals surface area (Å²) < 4.78 is 26.5. The molecular weight excluding hydrogens is 326 g/mol. The molecule has 0 fully saturated rings. The summed E-state index contributed by atoms with van der Waals surface area (Å²) in [5.41, 5.74) is 0.942. The lowest BCUT2D eigenvalue weighted by molar-refractivity contribution is 0.0987. The maximum absolute atomic E-state index is 13.6. The zero-order valence-electron chi connectivity index (χ0n) is 13.3. The molecule has 1 heterocycles. The van der Waals surface area contributed by atoms with Gasteiger partial charge in [0.15, 0.2) is 11.5 Å². The highest BCUT2D eigenvalue weighted by molar-refractivity contribution is 6.04. The Labute approximate surface area is 142 Å². The molecule has 7 heteroatoms. The highest BCUT2D eigenvalue weighted by atomic mass is 19.1. The number of para-hydroxylation sites is 1. The van der Waals surface area contributed by atoms with Gasteiger partial charge in [-0.1, -0.05) is 18.2 Å². The molecule has 0 spiro atoms. The molecular formula is C18H14F2N4O. The van der Waals surface area contributed by atoms with Crippen LogP contribution in [-0.2, 0) is 0 Å². The Morgan fingerprint density at radius 3 is 2.40 bits per heavy atom. The van der Waals surface area contributed by atoms with E-state index in [2.05, 4.69) is 15.5 Å². The molecule has 0 aliphatic rings. The van der Waals surface area contributed by atoms with Crippen LogP contribution in [0.1, 0.15) is 10.5 Å². The van der Waals surface area contributed by atoms with Gasteiger partial charge < -0.3 is 10.2 Å². The van der Waals surface area contributed by atoms with E-state index in [9.17, 15) is 13.6 Å². The van der Waals surface area contributed by atoms with Gasteiger partial charge in [-0.05, 0) is 36.4 Å². The zero-order valence-corrected chi connectivity index (χ0v) is 13.3. The molecule has 126 valence electrons. The quantitative estimate of drug-likeness (QED) is 0.785. The van der Waals surface area contributed by atoms with Crippen LogP contribution >= 0.6 is 0 Å². The molecule has 25 heavy (non-hydrogen) atoms. The third-order valence-electron chi connectivity index (χ3n) is 3.53. The van der Waals surface area contributed by atoms with Gasteiger partial charge in [-0.15, -0.1) is 10.2 Å². The minimum Gasteiger partial charge on any atom is -0.336 e. The first kappa shape index (κ1) is 16.5. The third-order valence-corrected chi connectivity index (χ3v) is 3.53. The van der Waals surface area contributed by atoms with E-state index < -0.39 is 11.6 Å². The van der Waals surface area contributed by atoms with Crippen LogP contribution in [-0.4, -0.2) is 23.2 Å². The number of anilines is 3. The van der Waals surface area contributed by atoms with Gasteiger partial charge in [0.1, 0.15) is 11.6 Å². The van der Waals surface area contributed by atoms with Crippen LogP contribution < -0.4 is 10.2 Å². The van der Waals surface area contributed by atoms with Gasteiger partial charge in [-0.25, -0.2) is 8.78 Å². The molecule has 3 rings (SSSR count). The molecule has 0 saturated heterocycles. The van der Waals surface area contributed by atoms with Crippen molar-refractivity contribution in [2.75, 3.05) is 17.3 Å². The molecule has 5 nitrogen and oxygen atoms in total. The first-order chi connectivity index (χ1) is 12.0. The lowest BCUT2D eigenvalue weighted by Crippen LogP contribution is -2.27. The molecule has 1 N–H and O–H groups in total. The van der Waals surface area contributed by atoms with E-state index in [1.54, 1.807) is 19.2 Å². The number of rotatable bonds is 4. The number of carbonyl (C=O) groups is 1. The predicted molar refractivity (Wildman–Crippen MR) is 90.8 cm³/mol. The molecule has 0 atom stereocenters. The van der Waals surface area contributed by atoms with E-state index in [4.69, 9.17) is 0 Å². The first-order valence-electron chi connectivity index (χ1n) is 7.43. The Morgan fingerprint density at radius 2 is 1.76 bits per heavy atom. The molecule has 1 amide bonds. The van der Waals surface area contributed by atoms with Gasteiger partial charge in [0.05, 0.1) is 5.69 Å². The SMILES string of the molecule is CN(C(=O)c1ccc(Nc2ccc(F)cc2F)nn1)c1ccccc1. The largest absolute Gasteiger partial charge is 0.336 e. The summed E-state index contributed by atoms with van der Waals surface area (Å²) in [6.07, 6.45) is 0. The molecule has 0 radical (unpaired) electrons. The van der Waals surface area contributed by atoms with Crippen LogP contribution in [0.3, 0.4) is 0 Å². The third kappa shape index (κ3) is 3.77. The van der Waals surface area contributed by atoms with Crippen LogP contribution in [0.5, 0.6) is 0 Å². The molecule has 0 aliphatic carbocycles. The van der Waals surface area contributed by atoms with E-state index >= 15 is 0 Å². The van der Waals surface area contributed by atoms with Gasteiger partial charge >= 0.3 is 0 Å². The normalized spacial score (nSPS) is 10.4. The predicted octanol–water partition coefficient (Wildman–Crippen LogP) is 3.78. The number of carbonyl (C=O) groups excluding carboxylic acids is 1. The summed E-state index contributed by atoms with van der Waals surface area (Å²) in [7, 11) is 1.64. The van der Waals surface area contributed by atoms with Crippen molar-refractivity contribution < 1.29 is 13.6 Å². The summed E-state index contributed by atoms with van der Waals surface area (Å²) in [6.45, 7) is 0. The number of benzene rings is 2. The molecule has 0 saturated carbocycles. The van der Waals surface area contributed by atoms with Crippen molar-refractivity contribution in [1.29, 1.82) is 0 Å². The number of nitrogens with zero attached hydrogens (tertiary/aromatic N) is 3. The standard InChI is InChI=1S/C18H14F2N4O/c1-24(13-5-3-2-4-6-13)18(25)16-9-10-17(23-22-16)21-15-8-7-12(19)11-14(15)20/h2-11H,1H3,(H,21,23). The summed E-state index contributed by atoms with van der Waals surface area (Å²) in [5, 5.41) is 10.4. The average molecular weight is 340 g/mol. The number of hydrogen-bond acceptors (Lipinski definition) is 4. The molecule has 0 bridgehead atoms. The highest BCUT2D eigenvalue weighted by Gasteiger charge is 2.15. The van der Waals surface area contributed by atoms with Crippen molar-refractivity contribution >= 4 is 23.1 Å². The van der Waals surface area contributed by atoms with Crippen molar-refractivity contribution in [2.24, 2.45) is 0 Å². The fraction of sp³-hybridized carbons (Fsp3) is 0.0556. The Balaban J connectivity index is 1.74. The monoisotopic (exact) mass is 340 g/mol. The van der Waals surface area contributed by atoms with Crippen molar-refractivity contribution in [1.82, 2.24) is 10.2 Å². The van der Waals surface area contributed by atoms with Gasteiger partial charge in [0.25, 0.3) is 5.91 Å². The maximum Gasteiger partial charge on any atom is 0.278 e. The van der Waals surface area contributed by atoms with Crippen molar-refractivity contribution in [3.8, 4) is 0 Å². The molecule has 3 aromatic rings. The van der Waals surface area contributed by atoms with Crippen LogP contribution in [0.2, 0.25) is 0 Å². The van der Waals surface area contributed by atoms with E-state index in [-0.39, 0.29) is 23.1 Å².